The number of ether oxygens (including phenoxy) is 1. The van der Waals surface area contributed by atoms with Crippen LogP contribution in [-0.2, 0) is 4.79 Å². The molecule has 12 nitrogen and oxygen atoms in total. The lowest BCUT2D eigenvalue weighted by molar-refractivity contribution is -0.384. The lowest BCUT2D eigenvalue weighted by atomic mass is 10.3. The Morgan fingerprint density at radius 3 is 2.52 bits per heavy atom. The summed E-state index contributed by atoms with van der Waals surface area (Å²) in [5.41, 5.74) is 4.26. The van der Waals surface area contributed by atoms with Gasteiger partial charge in [0.05, 0.1) is 17.2 Å². The monoisotopic (exact) mass is 450 g/mol. The number of nitrogens with zero attached hydrogens (tertiary/aromatic N) is 1. The quantitative estimate of drug-likeness (QED) is 0.321. The van der Waals surface area contributed by atoms with Crippen molar-refractivity contribution in [1.29, 1.82) is 0 Å². The molecule has 2 rings (SSSR count). The van der Waals surface area contributed by atoms with E-state index in [9.17, 15) is 24.5 Å². The topological polar surface area (TPSA) is 164 Å². The zero-order valence-corrected chi connectivity index (χ0v) is 17.0. The highest BCUT2D eigenvalue weighted by Crippen LogP contribution is 2.27. The fraction of sp³-hybridized carbons (Fsp3) is 0.167. The summed E-state index contributed by atoms with van der Waals surface area (Å²) in [5.74, 6) is -0.240. The first-order valence-electron chi connectivity index (χ1n) is 8.86. The molecule has 0 heterocycles. The Morgan fingerprint density at radius 2 is 1.81 bits per heavy atom. The molecule has 2 aromatic rings. The minimum atomic E-state index is -0.861. The van der Waals surface area contributed by atoms with E-state index in [0.717, 1.165) is 6.07 Å². The van der Waals surface area contributed by atoms with Gasteiger partial charge in [-0.25, -0.2) is 15.0 Å². The van der Waals surface area contributed by atoms with Crippen LogP contribution in [0.3, 0.4) is 0 Å². The van der Waals surface area contributed by atoms with Gasteiger partial charge in [0, 0.05) is 11.8 Å². The van der Waals surface area contributed by atoms with E-state index in [1.165, 1.54) is 12.1 Å². The Hall–Kier alpha value is -4.06. The van der Waals surface area contributed by atoms with E-state index in [-0.39, 0.29) is 16.4 Å². The Bertz CT molecular complexity index is 986. The van der Waals surface area contributed by atoms with Crippen molar-refractivity contribution in [2.75, 3.05) is 23.8 Å². The number of benzene rings is 2. The molecule has 0 saturated carbocycles. The number of halogens is 1. The van der Waals surface area contributed by atoms with Gasteiger partial charge in [0.15, 0.2) is 0 Å². The van der Waals surface area contributed by atoms with Crippen LogP contribution in [0.4, 0.5) is 26.7 Å². The second-order valence-corrected chi connectivity index (χ2v) is 6.19. The highest BCUT2D eigenvalue weighted by Gasteiger charge is 2.14. The minimum Gasteiger partial charge on any atom is -0.492 e. The number of para-hydroxylation sites is 2. The van der Waals surface area contributed by atoms with Gasteiger partial charge in [-0.1, -0.05) is 23.7 Å². The number of nitrogens with one attached hydrogen (secondary N) is 5. The van der Waals surface area contributed by atoms with E-state index in [0.29, 0.717) is 18.0 Å². The van der Waals surface area contributed by atoms with Crippen LogP contribution in [0.5, 0.6) is 5.75 Å². The number of rotatable bonds is 7. The molecule has 13 heteroatoms. The number of urea groups is 2. The van der Waals surface area contributed by atoms with Crippen molar-refractivity contribution < 1.29 is 24.0 Å². The second-order valence-electron chi connectivity index (χ2n) is 5.79. The fourth-order valence-electron chi connectivity index (χ4n) is 2.24. The average Bonchev–Trinajstić information content (AvgIpc) is 2.73. The van der Waals surface area contributed by atoms with Crippen LogP contribution in [0.2, 0.25) is 5.02 Å². The number of anilines is 2. The van der Waals surface area contributed by atoms with Gasteiger partial charge >= 0.3 is 12.1 Å². The third kappa shape index (κ3) is 7.36. The molecule has 0 bridgehead atoms. The molecule has 0 aliphatic carbocycles. The lowest BCUT2D eigenvalue weighted by Gasteiger charge is -2.12. The van der Waals surface area contributed by atoms with Crippen LogP contribution >= 0.6 is 11.6 Å². The maximum Gasteiger partial charge on any atom is 0.337 e. The van der Waals surface area contributed by atoms with Gasteiger partial charge in [-0.05, 0) is 31.2 Å². The van der Waals surface area contributed by atoms with E-state index in [1.54, 1.807) is 31.2 Å². The number of carbonyl (C=O) groups is 3. The summed E-state index contributed by atoms with van der Waals surface area (Å²) in [6.45, 7) is 1.79. The van der Waals surface area contributed by atoms with Crippen molar-refractivity contribution >= 4 is 46.6 Å². The molecule has 2 aromatic carbocycles. The minimum absolute atomic E-state index is 0.0857. The zero-order valence-electron chi connectivity index (χ0n) is 16.2. The molecule has 0 saturated heterocycles. The molecule has 0 atom stereocenters. The third-order valence-electron chi connectivity index (χ3n) is 3.56. The largest absolute Gasteiger partial charge is 0.492 e. The summed E-state index contributed by atoms with van der Waals surface area (Å²) in [6.07, 6.45) is 0. The molecule has 0 fully saturated rings. The average molecular weight is 451 g/mol. The van der Waals surface area contributed by atoms with E-state index in [4.69, 9.17) is 16.3 Å². The van der Waals surface area contributed by atoms with Crippen LogP contribution in [-0.4, -0.2) is 36.0 Å². The Morgan fingerprint density at radius 1 is 1.06 bits per heavy atom. The molecule has 31 heavy (non-hydrogen) atoms. The van der Waals surface area contributed by atoms with Crippen molar-refractivity contribution in [2.45, 2.75) is 6.92 Å². The van der Waals surface area contributed by atoms with Gasteiger partial charge in [0.2, 0.25) is 0 Å². The molecular weight excluding hydrogens is 432 g/mol. The van der Waals surface area contributed by atoms with Gasteiger partial charge < -0.3 is 20.7 Å². The summed E-state index contributed by atoms with van der Waals surface area (Å²) in [6, 6.07) is 8.93. The number of nitro benzene ring substituents is 1. The Labute approximate surface area is 181 Å². The lowest BCUT2D eigenvalue weighted by Crippen LogP contribution is -2.48. The smallest absolute Gasteiger partial charge is 0.337 e. The summed E-state index contributed by atoms with van der Waals surface area (Å²) >= 11 is 5.69. The van der Waals surface area contributed by atoms with Crippen molar-refractivity contribution in [2.24, 2.45) is 0 Å². The van der Waals surface area contributed by atoms with E-state index in [2.05, 4.69) is 21.4 Å². The first kappa shape index (κ1) is 23.2. The second kappa shape index (κ2) is 11.2. The van der Waals surface area contributed by atoms with Gasteiger partial charge in [0.25, 0.3) is 11.6 Å². The Kier molecular flexibility index (Phi) is 8.40. The maximum atomic E-state index is 11.9. The molecule has 164 valence electrons. The molecule has 0 unspecified atom stereocenters. The number of hydrogen-bond acceptors (Lipinski definition) is 6. The number of nitro groups is 1. The van der Waals surface area contributed by atoms with Crippen LogP contribution < -0.4 is 31.5 Å². The SMILES string of the molecule is CCOc1ccccc1NC(=O)NCC(=O)NNC(=O)Nc1ccc(Cl)c([N+](=O)[O-])c1. The predicted octanol–water partition coefficient (Wildman–Crippen LogP) is 2.62. The van der Waals surface area contributed by atoms with Crippen molar-refractivity contribution in [3.8, 4) is 5.75 Å². The molecule has 0 aromatic heterocycles. The number of hydrazine groups is 1. The molecule has 0 aliphatic heterocycles. The summed E-state index contributed by atoms with van der Waals surface area (Å²) in [4.78, 5) is 45.7. The fourth-order valence-corrected chi connectivity index (χ4v) is 2.43. The van der Waals surface area contributed by atoms with E-state index in [1.807, 2.05) is 5.43 Å². The van der Waals surface area contributed by atoms with Gasteiger partial charge in [-0.15, -0.1) is 0 Å². The van der Waals surface area contributed by atoms with Gasteiger partial charge in [-0.3, -0.25) is 20.3 Å². The third-order valence-corrected chi connectivity index (χ3v) is 3.88. The van der Waals surface area contributed by atoms with Crippen LogP contribution in [0.1, 0.15) is 6.92 Å². The predicted molar refractivity (Wildman–Crippen MR) is 113 cm³/mol. The Balaban J connectivity index is 1.77. The summed E-state index contributed by atoms with van der Waals surface area (Å²) < 4.78 is 5.38. The van der Waals surface area contributed by atoms with Gasteiger partial charge in [-0.2, -0.15) is 0 Å². The molecule has 5 N–H and O–H groups in total. The first-order valence-corrected chi connectivity index (χ1v) is 9.24. The normalized spacial score (nSPS) is 9.87. The van der Waals surface area contributed by atoms with E-state index >= 15 is 0 Å². The van der Waals surface area contributed by atoms with Crippen molar-refractivity contribution in [3.05, 3.63) is 57.6 Å². The van der Waals surface area contributed by atoms with Crippen molar-refractivity contribution in [3.63, 3.8) is 0 Å². The molecule has 0 radical (unpaired) electrons. The summed E-state index contributed by atoms with van der Waals surface area (Å²) in [7, 11) is 0. The molecular formula is C18H19ClN6O6. The zero-order chi connectivity index (χ0) is 22.8. The summed E-state index contributed by atoms with van der Waals surface area (Å²) in [5, 5.41) is 17.9. The number of amides is 5. The van der Waals surface area contributed by atoms with Gasteiger partial charge in [0.1, 0.15) is 17.3 Å². The standard InChI is InChI=1S/C18H19ClN6O6/c1-2-31-15-6-4-3-5-13(15)22-17(27)20-10-16(26)23-24-18(28)21-11-7-8-12(19)14(9-11)25(29)30/h3-9H,2,10H2,1H3,(H,23,26)(H2,20,22,27)(H2,21,24,28). The first-order chi connectivity index (χ1) is 14.8. The van der Waals surface area contributed by atoms with Crippen molar-refractivity contribution in [1.82, 2.24) is 16.2 Å². The number of carbonyl (C=O) groups excluding carboxylic acids is 3. The molecule has 5 amide bonds. The van der Waals surface area contributed by atoms with Crippen LogP contribution in [0, 0.1) is 10.1 Å². The maximum absolute atomic E-state index is 11.9. The number of hydrogen-bond donors (Lipinski definition) is 5. The molecule has 0 spiro atoms. The highest BCUT2D eigenvalue weighted by atomic mass is 35.5. The highest BCUT2D eigenvalue weighted by molar-refractivity contribution is 6.32. The molecule has 0 aliphatic rings. The van der Waals surface area contributed by atoms with E-state index < -0.39 is 29.4 Å². The van der Waals surface area contributed by atoms with Crippen LogP contribution in [0.15, 0.2) is 42.5 Å². The van der Waals surface area contributed by atoms with Crippen LogP contribution in [0.25, 0.3) is 0 Å².